The molecule has 0 aliphatic carbocycles. The van der Waals surface area contributed by atoms with E-state index in [1.807, 2.05) is 6.20 Å². The molecule has 1 aliphatic rings. The molecular formula is C15H21N5O. The lowest BCUT2D eigenvalue weighted by Gasteiger charge is -2.28. The van der Waals surface area contributed by atoms with Crippen LogP contribution >= 0.6 is 0 Å². The summed E-state index contributed by atoms with van der Waals surface area (Å²) >= 11 is 0. The van der Waals surface area contributed by atoms with Gasteiger partial charge >= 0.3 is 0 Å². The molecule has 3 heterocycles. The molecule has 0 amide bonds. The van der Waals surface area contributed by atoms with Gasteiger partial charge in [0.1, 0.15) is 18.0 Å². The molecule has 0 saturated heterocycles. The number of rotatable bonds is 5. The van der Waals surface area contributed by atoms with Crippen molar-refractivity contribution in [3.05, 3.63) is 35.8 Å². The minimum atomic E-state index is 0.537. The van der Waals surface area contributed by atoms with Crippen molar-refractivity contribution in [3.8, 4) is 0 Å². The second-order valence-corrected chi connectivity index (χ2v) is 5.74. The maximum atomic E-state index is 5.60. The Kier molecular flexibility index (Phi) is 4.15. The van der Waals surface area contributed by atoms with Crippen molar-refractivity contribution in [2.45, 2.75) is 33.4 Å². The summed E-state index contributed by atoms with van der Waals surface area (Å²) in [5, 5.41) is 0. The number of hydrogen-bond donors (Lipinski definition) is 1. The van der Waals surface area contributed by atoms with Crippen LogP contribution in [0.25, 0.3) is 0 Å². The van der Waals surface area contributed by atoms with Crippen LogP contribution in [-0.4, -0.2) is 33.1 Å². The van der Waals surface area contributed by atoms with Crippen LogP contribution in [0.2, 0.25) is 0 Å². The first kappa shape index (κ1) is 14.0. The number of aromatic nitrogens is 4. The third-order valence-corrected chi connectivity index (χ3v) is 3.52. The maximum absolute atomic E-state index is 5.60. The molecule has 6 nitrogen and oxygen atoms in total. The zero-order valence-corrected chi connectivity index (χ0v) is 12.5. The molecule has 2 aromatic heterocycles. The summed E-state index contributed by atoms with van der Waals surface area (Å²) in [5.74, 6) is 2.46. The highest BCUT2D eigenvalue weighted by atomic mass is 16.5. The first-order valence-corrected chi connectivity index (χ1v) is 7.37. The molecule has 1 N–H and O–H groups in total. The minimum absolute atomic E-state index is 0.537. The van der Waals surface area contributed by atoms with Gasteiger partial charge in [-0.05, 0) is 5.92 Å². The summed E-state index contributed by atoms with van der Waals surface area (Å²) in [5.41, 5.74) is 2.23. The highest BCUT2D eigenvalue weighted by Crippen LogP contribution is 2.25. The Bertz CT molecular complexity index is 582. The van der Waals surface area contributed by atoms with Gasteiger partial charge in [-0.25, -0.2) is 15.0 Å². The number of H-pyrrole nitrogens is 1. The van der Waals surface area contributed by atoms with Gasteiger partial charge in [0.2, 0.25) is 0 Å². The van der Waals surface area contributed by atoms with E-state index in [-0.39, 0.29) is 0 Å². The average molecular weight is 287 g/mol. The smallest absolute Gasteiger partial charge is 0.138 e. The topological polar surface area (TPSA) is 66.9 Å². The molecule has 6 heteroatoms. The van der Waals surface area contributed by atoms with Crippen molar-refractivity contribution < 1.29 is 4.74 Å². The second kappa shape index (κ2) is 6.22. The monoisotopic (exact) mass is 287 g/mol. The van der Waals surface area contributed by atoms with Crippen molar-refractivity contribution in [1.82, 2.24) is 19.9 Å². The first-order chi connectivity index (χ1) is 10.2. The van der Waals surface area contributed by atoms with Crippen LogP contribution in [0.15, 0.2) is 18.7 Å². The lowest BCUT2D eigenvalue weighted by Crippen LogP contribution is -2.31. The number of anilines is 1. The molecule has 2 aromatic rings. The molecule has 112 valence electrons. The zero-order chi connectivity index (χ0) is 14.7. The van der Waals surface area contributed by atoms with E-state index >= 15 is 0 Å². The van der Waals surface area contributed by atoms with Gasteiger partial charge in [-0.1, -0.05) is 13.8 Å². The fraction of sp³-hybridized carbons (Fsp3) is 0.533. The van der Waals surface area contributed by atoms with Crippen molar-refractivity contribution in [1.29, 1.82) is 0 Å². The number of fused-ring (bicyclic) bond motifs is 1. The molecule has 21 heavy (non-hydrogen) atoms. The van der Waals surface area contributed by atoms with Gasteiger partial charge < -0.3 is 14.6 Å². The summed E-state index contributed by atoms with van der Waals surface area (Å²) < 4.78 is 5.60. The Morgan fingerprint density at radius 2 is 2.24 bits per heavy atom. The lowest BCUT2D eigenvalue weighted by molar-refractivity contribution is 0.109. The zero-order valence-electron chi connectivity index (χ0n) is 12.5. The van der Waals surface area contributed by atoms with E-state index in [2.05, 4.69) is 38.7 Å². The van der Waals surface area contributed by atoms with Gasteiger partial charge in [-0.15, -0.1) is 0 Å². The third-order valence-electron chi connectivity index (χ3n) is 3.52. The van der Waals surface area contributed by atoms with Gasteiger partial charge in [0.15, 0.2) is 0 Å². The quantitative estimate of drug-likeness (QED) is 0.910. The van der Waals surface area contributed by atoms with Gasteiger partial charge in [0.25, 0.3) is 0 Å². The summed E-state index contributed by atoms with van der Waals surface area (Å²) in [7, 11) is 0. The molecule has 0 spiro atoms. The van der Waals surface area contributed by atoms with Crippen LogP contribution in [0, 0.1) is 5.92 Å². The molecule has 0 atom stereocenters. The third kappa shape index (κ3) is 3.21. The Morgan fingerprint density at radius 3 is 3.00 bits per heavy atom. The van der Waals surface area contributed by atoms with E-state index in [0.717, 1.165) is 42.5 Å². The molecule has 0 unspecified atom stereocenters. The number of hydrogen-bond acceptors (Lipinski definition) is 5. The maximum Gasteiger partial charge on any atom is 0.138 e. The van der Waals surface area contributed by atoms with Crippen molar-refractivity contribution in [2.24, 2.45) is 5.92 Å². The Morgan fingerprint density at radius 1 is 1.33 bits per heavy atom. The SMILES string of the molecule is CC(C)CN(Cc1ncc[nH]1)c1ncnc2c1COCC2. The van der Waals surface area contributed by atoms with Crippen LogP contribution in [0.1, 0.15) is 30.9 Å². The Hall–Kier alpha value is -1.95. The van der Waals surface area contributed by atoms with E-state index in [0.29, 0.717) is 19.1 Å². The fourth-order valence-corrected chi connectivity index (χ4v) is 2.65. The lowest BCUT2D eigenvalue weighted by atomic mass is 10.1. The van der Waals surface area contributed by atoms with Crippen LogP contribution in [0.4, 0.5) is 5.82 Å². The molecule has 0 radical (unpaired) electrons. The molecular weight excluding hydrogens is 266 g/mol. The minimum Gasteiger partial charge on any atom is -0.376 e. The average Bonchev–Trinajstić information content (AvgIpc) is 2.98. The van der Waals surface area contributed by atoms with Crippen molar-refractivity contribution in [2.75, 3.05) is 18.1 Å². The molecule has 0 saturated carbocycles. The van der Waals surface area contributed by atoms with E-state index < -0.39 is 0 Å². The highest BCUT2D eigenvalue weighted by molar-refractivity contribution is 5.49. The summed E-state index contributed by atoms with van der Waals surface area (Å²) in [6.45, 7) is 7.39. The number of aromatic amines is 1. The van der Waals surface area contributed by atoms with Gasteiger partial charge in [-0.3, -0.25) is 0 Å². The summed E-state index contributed by atoms with van der Waals surface area (Å²) in [6, 6.07) is 0. The number of ether oxygens (including phenoxy) is 1. The van der Waals surface area contributed by atoms with Crippen molar-refractivity contribution in [3.63, 3.8) is 0 Å². The summed E-state index contributed by atoms with van der Waals surface area (Å²) in [4.78, 5) is 18.7. The first-order valence-electron chi connectivity index (χ1n) is 7.37. The predicted octanol–water partition coefficient (Wildman–Crippen LogP) is 1.93. The number of nitrogens with zero attached hydrogens (tertiary/aromatic N) is 4. The molecule has 0 fully saturated rings. The van der Waals surface area contributed by atoms with E-state index in [9.17, 15) is 0 Å². The Balaban J connectivity index is 1.92. The molecule has 3 rings (SSSR count). The van der Waals surface area contributed by atoms with Gasteiger partial charge in [-0.2, -0.15) is 0 Å². The predicted molar refractivity (Wildman–Crippen MR) is 79.9 cm³/mol. The fourth-order valence-electron chi connectivity index (χ4n) is 2.65. The molecule has 0 bridgehead atoms. The van der Waals surface area contributed by atoms with E-state index in [1.54, 1.807) is 12.5 Å². The van der Waals surface area contributed by atoms with Crippen LogP contribution in [0.5, 0.6) is 0 Å². The number of imidazole rings is 1. The molecule has 1 aliphatic heterocycles. The van der Waals surface area contributed by atoms with E-state index in [4.69, 9.17) is 4.74 Å². The van der Waals surface area contributed by atoms with E-state index in [1.165, 1.54) is 0 Å². The van der Waals surface area contributed by atoms with Crippen molar-refractivity contribution >= 4 is 5.82 Å². The van der Waals surface area contributed by atoms with Crippen LogP contribution in [0.3, 0.4) is 0 Å². The van der Waals surface area contributed by atoms with Gasteiger partial charge in [0.05, 0.1) is 25.5 Å². The number of nitrogens with one attached hydrogen (secondary N) is 1. The Labute approximate surface area is 124 Å². The highest BCUT2D eigenvalue weighted by Gasteiger charge is 2.21. The van der Waals surface area contributed by atoms with Crippen LogP contribution in [-0.2, 0) is 24.3 Å². The largest absolute Gasteiger partial charge is 0.376 e. The molecule has 0 aromatic carbocycles. The van der Waals surface area contributed by atoms with Gasteiger partial charge in [0, 0.05) is 30.9 Å². The summed E-state index contributed by atoms with van der Waals surface area (Å²) in [6.07, 6.45) is 6.15. The standard InChI is InChI=1S/C15H21N5O/c1-11(2)7-20(8-14-16-4-5-17-14)15-12-9-21-6-3-13(12)18-10-19-15/h4-5,10-11H,3,6-9H2,1-2H3,(H,16,17). The second-order valence-electron chi connectivity index (χ2n) is 5.74. The normalized spacial score (nSPS) is 14.2. The van der Waals surface area contributed by atoms with Crippen LogP contribution < -0.4 is 4.90 Å².